The zero-order valence-electron chi connectivity index (χ0n) is 17.0. The molecule has 0 radical (unpaired) electrons. The highest BCUT2D eigenvalue weighted by atomic mass is 32.1. The fourth-order valence-corrected chi connectivity index (χ4v) is 4.16. The first kappa shape index (κ1) is 20.0. The minimum absolute atomic E-state index is 0.122. The number of hydrogen-bond acceptors (Lipinski definition) is 5. The van der Waals surface area contributed by atoms with E-state index in [1.807, 2.05) is 47.8 Å². The molecule has 0 unspecified atom stereocenters. The van der Waals surface area contributed by atoms with Crippen LogP contribution in [-0.4, -0.2) is 22.5 Å². The van der Waals surface area contributed by atoms with Crippen LogP contribution in [0.3, 0.4) is 0 Å². The van der Waals surface area contributed by atoms with Crippen LogP contribution in [0.5, 0.6) is 5.88 Å². The second-order valence-electron chi connectivity index (χ2n) is 7.14. The predicted molar refractivity (Wildman–Crippen MR) is 122 cm³/mol. The molecule has 6 heteroatoms. The van der Waals surface area contributed by atoms with Crippen LogP contribution < -0.4 is 10.1 Å². The Morgan fingerprint density at radius 2 is 1.87 bits per heavy atom. The van der Waals surface area contributed by atoms with Crippen LogP contribution in [0.15, 0.2) is 66.3 Å². The topological polar surface area (TPSA) is 64.1 Å². The van der Waals surface area contributed by atoms with Crippen LogP contribution in [-0.2, 0) is 4.79 Å². The molecule has 1 atom stereocenters. The quantitative estimate of drug-likeness (QED) is 0.407. The van der Waals surface area contributed by atoms with Gasteiger partial charge in [0.15, 0.2) is 6.61 Å². The smallest absolute Gasteiger partial charge is 0.262 e. The highest BCUT2D eigenvalue weighted by molar-refractivity contribution is 7.17. The average molecular weight is 418 g/mol. The van der Waals surface area contributed by atoms with Gasteiger partial charge in [-0.1, -0.05) is 56.3 Å². The van der Waals surface area contributed by atoms with Crippen LogP contribution in [0.1, 0.15) is 31.7 Å². The van der Waals surface area contributed by atoms with Crippen molar-refractivity contribution in [3.63, 3.8) is 0 Å². The Balaban J connectivity index is 1.47. The molecule has 0 aliphatic rings. The minimum atomic E-state index is -0.227. The molecule has 1 amide bonds. The van der Waals surface area contributed by atoms with Gasteiger partial charge in [0, 0.05) is 16.6 Å². The average Bonchev–Trinajstić information content (AvgIpc) is 3.23. The van der Waals surface area contributed by atoms with Gasteiger partial charge >= 0.3 is 0 Å². The Kier molecular flexibility index (Phi) is 6.05. The molecule has 0 aliphatic heterocycles. The molecule has 1 N–H and O–H groups in total. The summed E-state index contributed by atoms with van der Waals surface area (Å²) in [6.45, 7) is 4.24. The number of anilines is 1. The molecular weight excluding hydrogens is 394 g/mol. The number of thiophene rings is 1. The summed E-state index contributed by atoms with van der Waals surface area (Å²) in [6, 6.07) is 18.0. The summed E-state index contributed by atoms with van der Waals surface area (Å²) < 4.78 is 5.80. The number of carbonyl (C=O) groups excluding carboxylic acids is 1. The molecule has 2 aromatic heterocycles. The monoisotopic (exact) mass is 417 g/mol. The Labute approximate surface area is 179 Å². The molecule has 152 valence electrons. The van der Waals surface area contributed by atoms with Gasteiger partial charge in [0.25, 0.3) is 5.91 Å². The third-order valence-corrected chi connectivity index (χ3v) is 6.02. The maximum atomic E-state index is 12.4. The molecule has 0 fully saturated rings. The molecule has 30 heavy (non-hydrogen) atoms. The number of nitrogens with zero attached hydrogens (tertiary/aromatic N) is 2. The normalized spacial score (nSPS) is 11.9. The van der Waals surface area contributed by atoms with Gasteiger partial charge in [-0.3, -0.25) is 4.79 Å². The van der Waals surface area contributed by atoms with Crippen LogP contribution in [0.4, 0.5) is 5.69 Å². The van der Waals surface area contributed by atoms with Crippen LogP contribution in [0.25, 0.3) is 21.3 Å². The number of carbonyl (C=O) groups is 1. The fourth-order valence-electron chi connectivity index (χ4n) is 3.25. The Hall–Kier alpha value is -3.25. The van der Waals surface area contributed by atoms with Crippen molar-refractivity contribution in [3.8, 4) is 17.0 Å². The van der Waals surface area contributed by atoms with E-state index in [0.717, 1.165) is 33.5 Å². The number of benzene rings is 2. The molecule has 5 nitrogen and oxygen atoms in total. The van der Waals surface area contributed by atoms with Gasteiger partial charge in [-0.05, 0) is 35.6 Å². The van der Waals surface area contributed by atoms with Gasteiger partial charge in [-0.2, -0.15) is 0 Å². The van der Waals surface area contributed by atoms with Crippen molar-refractivity contribution in [1.82, 2.24) is 9.97 Å². The summed E-state index contributed by atoms with van der Waals surface area (Å²) in [5.41, 5.74) is 4.09. The van der Waals surface area contributed by atoms with Gasteiger partial charge < -0.3 is 10.1 Å². The first-order valence-corrected chi connectivity index (χ1v) is 10.8. The summed E-state index contributed by atoms with van der Waals surface area (Å²) in [6.07, 6.45) is 2.55. The number of ether oxygens (including phenoxy) is 1. The van der Waals surface area contributed by atoms with E-state index in [0.29, 0.717) is 11.8 Å². The Morgan fingerprint density at radius 1 is 1.10 bits per heavy atom. The van der Waals surface area contributed by atoms with E-state index in [4.69, 9.17) is 4.74 Å². The van der Waals surface area contributed by atoms with Gasteiger partial charge in [0.05, 0.1) is 5.39 Å². The largest absolute Gasteiger partial charge is 0.467 e. The van der Waals surface area contributed by atoms with Crippen LogP contribution in [0, 0.1) is 0 Å². The SMILES string of the molecule is CC[C@@H](C)c1ccc(NC(=O)COc2ncnc3scc(-c4ccccc4)c23)cc1. The number of hydrogen-bond donors (Lipinski definition) is 1. The van der Waals surface area contributed by atoms with E-state index in [1.165, 1.54) is 23.2 Å². The third-order valence-electron chi connectivity index (χ3n) is 5.14. The maximum absolute atomic E-state index is 12.4. The van der Waals surface area contributed by atoms with Crippen molar-refractivity contribution in [1.29, 1.82) is 0 Å². The Bertz CT molecular complexity index is 1140. The van der Waals surface area contributed by atoms with Crippen molar-refractivity contribution in [2.24, 2.45) is 0 Å². The summed E-state index contributed by atoms with van der Waals surface area (Å²) in [7, 11) is 0. The molecule has 0 spiro atoms. The number of rotatable bonds is 7. The Morgan fingerprint density at radius 3 is 2.60 bits per heavy atom. The zero-order chi connectivity index (χ0) is 20.9. The first-order valence-electron chi connectivity index (χ1n) is 9.96. The molecular formula is C24H23N3O2S. The molecule has 0 saturated heterocycles. The van der Waals surface area contributed by atoms with Crippen molar-refractivity contribution in [3.05, 3.63) is 71.9 Å². The van der Waals surface area contributed by atoms with Crippen molar-refractivity contribution in [2.75, 3.05) is 11.9 Å². The number of nitrogens with one attached hydrogen (secondary N) is 1. The van der Waals surface area contributed by atoms with Crippen molar-refractivity contribution < 1.29 is 9.53 Å². The lowest BCUT2D eigenvalue weighted by molar-refractivity contribution is -0.118. The molecule has 0 aliphatic carbocycles. The second-order valence-corrected chi connectivity index (χ2v) is 8.00. The molecule has 4 aromatic rings. The van der Waals surface area contributed by atoms with E-state index < -0.39 is 0 Å². The number of amides is 1. The van der Waals surface area contributed by atoms with Gasteiger partial charge in [-0.25, -0.2) is 9.97 Å². The lowest BCUT2D eigenvalue weighted by atomic mass is 9.99. The van der Waals surface area contributed by atoms with E-state index in [9.17, 15) is 4.79 Å². The highest BCUT2D eigenvalue weighted by Gasteiger charge is 2.15. The van der Waals surface area contributed by atoms with Crippen molar-refractivity contribution in [2.45, 2.75) is 26.2 Å². The minimum Gasteiger partial charge on any atom is -0.467 e. The van der Waals surface area contributed by atoms with Crippen molar-refractivity contribution >= 4 is 33.1 Å². The van der Waals surface area contributed by atoms with Crippen LogP contribution in [0.2, 0.25) is 0 Å². The van der Waals surface area contributed by atoms with E-state index in [1.54, 1.807) is 0 Å². The number of fused-ring (bicyclic) bond motifs is 1. The first-order chi connectivity index (χ1) is 14.7. The van der Waals surface area contributed by atoms with Crippen LogP contribution >= 0.6 is 11.3 Å². The second kappa shape index (κ2) is 9.05. The molecule has 0 saturated carbocycles. The summed E-state index contributed by atoms with van der Waals surface area (Å²) in [5.74, 6) is 0.694. The van der Waals surface area contributed by atoms with Gasteiger partial charge in [0.2, 0.25) is 5.88 Å². The predicted octanol–water partition coefficient (Wildman–Crippen LogP) is 5.89. The standard InChI is InChI=1S/C24H23N3O2S/c1-3-16(2)17-9-11-19(12-10-17)27-21(28)13-29-23-22-20(18-7-5-4-6-8-18)14-30-24(22)26-15-25-23/h4-12,14-16H,3,13H2,1-2H3,(H,27,28)/t16-/m1/s1. The maximum Gasteiger partial charge on any atom is 0.262 e. The third kappa shape index (κ3) is 4.33. The summed E-state index contributed by atoms with van der Waals surface area (Å²) in [5, 5.41) is 5.75. The fraction of sp³-hybridized carbons (Fsp3) is 0.208. The molecule has 0 bridgehead atoms. The van der Waals surface area contributed by atoms with Gasteiger partial charge in [0.1, 0.15) is 11.2 Å². The molecule has 2 aromatic carbocycles. The molecule has 2 heterocycles. The lowest BCUT2D eigenvalue weighted by Gasteiger charge is -2.11. The van der Waals surface area contributed by atoms with Gasteiger partial charge in [-0.15, -0.1) is 11.3 Å². The van der Waals surface area contributed by atoms with E-state index >= 15 is 0 Å². The van der Waals surface area contributed by atoms with E-state index in [2.05, 4.69) is 41.3 Å². The van der Waals surface area contributed by atoms with E-state index in [-0.39, 0.29) is 12.5 Å². The highest BCUT2D eigenvalue weighted by Crippen LogP contribution is 2.37. The summed E-state index contributed by atoms with van der Waals surface area (Å²) in [4.78, 5) is 21.9. The lowest BCUT2D eigenvalue weighted by Crippen LogP contribution is -2.20. The molecule has 4 rings (SSSR count). The number of aromatic nitrogens is 2. The summed E-state index contributed by atoms with van der Waals surface area (Å²) >= 11 is 1.53. The zero-order valence-corrected chi connectivity index (χ0v) is 17.8.